The zero-order valence-corrected chi connectivity index (χ0v) is 11.7. The van der Waals surface area contributed by atoms with Crippen LogP contribution < -0.4 is 10.1 Å². The van der Waals surface area contributed by atoms with Crippen LogP contribution in [-0.4, -0.2) is 25.4 Å². The number of unbranched alkanes of at least 4 members (excludes halogenated alkanes) is 1. The summed E-state index contributed by atoms with van der Waals surface area (Å²) in [5, 5.41) is 3.83. The zero-order chi connectivity index (χ0) is 14.6. The lowest BCUT2D eigenvalue weighted by Gasteiger charge is -2.12. The SMILES string of the molecule is FC(F)(F)CCCCNCC1Cc2cc(Cl)ccc2O1. The standard InChI is InChI=1S/C14H17ClF3NO/c15-11-3-4-13-10(7-11)8-12(20-13)9-19-6-2-1-5-14(16,17)18/h3-4,7,12,19H,1-2,5-6,8-9H2. The minimum atomic E-state index is -4.05. The van der Waals surface area contributed by atoms with Gasteiger partial charge in [-0.3, -0.25) is 0 Å². The molecule has 1 aromatic rings. The minimum absolute atomic E-state index is 0.0334. The molecule has 0 saturated carbocycles. The summed E-state index contributed by atoms with van der Waals surface area (Å²) >= 11 is 5.91. The van der Waals surface area contributed by atoms with Crippen molar-refractivity contribution in [2.45, 2.75) is 38.0 Å². The van der Waals surface area contributed by atoms with Crippen molar-refractivity contribution in [3.8, 4) is 5.75 Å². The minimum Gasteiger partial charge on any atom is -0.488 e. The maximum atomic E-state index is 11.9. The third-order valence-electron chi connectivity index (χ3n) is 3.20. The van der Waals surface area contributed by atoms with E-state index in [1.165, 1.54) is 0 Å². The second kappa shape index (κ2) is 6.68. The van der Waals surface area contributed by atoms with Gasteiger partial charge in [-0.25, -0.2) is 0 Å². The van der Waals surface area contributed by atoms with Gasteiger partial charge in [-0.15, -0.1) is 0 Å². The Morgan fingerprint density at radius 3 is 2.85 bits per heavy atom. The molecule has 0 radical (unpaired) electrons. The number of fused-ring (bicyclic) bond motifs is 1. The van der Waals surface area contributed by atoms with Crippen molar-refractivity contribution in [2.75, 3.05) is 13.1 Å². The quantitative estimate of drug-likeness (QED) is 0.803. The first-order chi connectivity index (χ1) is 9.44. The molecule has 1 aliphatic rings. The van der Waals surface area contributed by atoms with E-state index in [0.29, 0.717) is 24.5 Å². The van der Waals surface area contributed by atoms with Crippen LogP contribution in [0.2, 0.25) is 5.02 Å². The van der Waals surface area contributed by atoms with Crippen molar-refractivity contribution in [3.05, 3.63) is 28.8 Å². The van der Waals surface area contributed by atoms with E-state index in [-0.39, 0.29) is 12.5 Å². The van der Waals surface area contributed by atoms with Gasteiger partial charge in [0.1, 0.15) is 11.9 Å². The Morgan fingerprint density at radius 2 is 2.10 bits per heavy atom. The summed E-state index contributed by atoms with van der Waals surface area (Å²) in [4.78, 5) is 0. The molecular weight excluding hydrogens is 291 g/mol. The first-order valence-corrected chi connectivity index (χ1v) is 7.04. The van der Waals surface area contributed by atoms with Crippen LogP contribution in [0.15, 0.2) is 18.2 Å². The Kier molecular flexibility index (Phi) is 5.16. The van der Waals surface area contributed by atoms with Crippen molar-refractivity contribution >= 4 is 11.6 Å². The molecule has 112 valence electrons. The highest BCUT2D eigenvalue weighted by Crippen LogP contribution is 2.30. The highest BCUT2D eigenvalue weighted by Gasteiger charge is 2.26. The number of hydrogen-bond acceptors (Lipinski definition) is 2. The fourth-order valence-corrected chi connectivity index (χ4v) is 2.44. The Bertz CT molecular complexity index is 451. The summed E-state index contributed by atoms with van der Waals surface area (Å²) in [5.74, 6) is 0.846. The van der Waals surface area contributed by atoms with E-state index in [1.807, 2.05) is 12.1 Å². The van der Waals surface area contributed by atoms with Crippen LogP contribution >= 0.6 is 11.6 Å². The normalized spacial score (nSPS) is 17.9. The second-order valence-corrected chi connectivity index (χ2v) is 5.41. The van der Waals surface area contributed by atoms with Crippen LogP contribution in [0.3, 0.4) is 0 Å². The van der Waals surface area contributed by atoms with Gasteiger partial charge in [0.15, 0.2) is 0 Å². The molecule has 2 rings (SSSR count). The molecule has 1 aromatic carbocycles. The number of halogens is 4. The third kappa shape index (κ3) is 4.87. The van der Waals surface area contributed by atoms with Crippen LogP contribution in [0.4, 0.5) is 13.2 Å². The van der Waals surface area contributed by atoms with Gasteiger partial charge in [0.05, 0.1) is 0 Å². The third-order valence-corrected chi connectivity index (χ3v) is 3.43. The molecule has 1 N–H and O–H groups in total. The molecule has 20 heavy (non-hydrogen) atoms. The van der Waals surface area contributed by atoms with Crippen molar-refractivity contribution in [1.29, 1.82) is 0 Å². The maximum absolute atomic E-state index is 11.9. The number of benzene rings is 1. The zero-order valence-electron chi connectivity index (χ0n) is 11.0. The first-order valence-electron chi connectivity index (χ1n) is 6.66. The van der Waals surface area contributed by atoms with Crippen molar-refractivity contribution in [2.24, 2.45) is 0 Å². The average molecular weight is 308 g/mol. The fraction of sp³-hybridized carbons (Fsp3) is 0.571. The van der Waals surface area contributed by atoms with E-state index in [4.69, 9.17) is 16.3 Å². The summed E-state index contributed by atoms with van der Waals surface area (Å²) in [6, 6.07) is 5.52. The van der Waals surface area contributed by atoms with Gasteiger partial charge < -0.3 is 10.1 Å². The predicted molar refractivity (Wildman–Crippen MR) is 72.3 cm³/mol. The van der Waals surface area contributed by atoms with E-state index in [1.54, 1.807) is 6.07 Å². The van der Waals surface area contributed by atoms with Gasteiger partial charge >= 0.3 is 6.18 Å². The van der Waals surface area contributed by atoms with E-state index in [9.17, 15) is 13.2 Å². The van der Waals surface area contributed by atoms with Gasteiger partial charge in [-0.2, -0.15) is 13.2 Å². The molecule has 0 aliphatic carbocycles. The number of rotatable bonds is 6. The molecule has 1 heterocycles. The highest BCUT2D eigenvalue weighted by molar-refractivity contribution is 6.30. The topological polar surface area (TPSA) is 21.3 Å². The Hall–Kier alpha value is -0.940. The lowest BCUT2D eigenvalue weighted by atomic mass is 10.1. The lowest BCUT2D eigenvalue weighted by Crippen LogP contribution is -2.30. The van der Waals surface area contributed by atoms with Crippen molar-refractivity contribution in [3.63, 3.8) is 0 Å². The van der Waals surface area contributed by atoms with Crippen LogP contribution in [0.5, 0.6) is 5.75 Å². The van der Waals surface area contributed by atoms with Gasteiger partial charge in [0.25, 0.3) is 0 Å². The smallest absolute Gasteiger partial charge is 0.389 e. The number of ether oxygens (including phenoxy) is 1. The van der Waals surface area contributed by atoms with Gasteiger partial charge in [-0.1, -0.05) is 11.6 Å². The van der Waals surface area contributed by atoms with Gasteiger partial charge in [0.2, 0.25) is 0 Å². The van der Waals surface area contributed by atoms with Crippen molar-refractivity contribution < 1.29 is 17.9 Å². The summed E-state index contributed by atoms with van der Waals surface area (Å²) in [7, 11) is 0. The maximum Gasteiger partial charge on any atom is 0.389 e. The van der Waals surface area contributed by atoms with Crippen LogP contribution in [0, 0.1) is 0 Å². The molecule has 6 heteroatoms. The lowest BCUT2D eigenvalue weighted by molar-refractivity contribution is -0.135. The predicted octanol–water partition coefficient (Wildman–Crippen LogP) is 3.97. The van der Waals surface area contributed by atoms with Crippen LogP contribution in [0.25, 0.3) is 0 Å². The molecule has 1 unspecified atom stereocenters. The fourth-order valence-electron chi connectivity index (χ4n) is 2.24. The summed E-state index contributed by atoms with van der Waals surface area (Å²) in [6.07, 6.45) is -3.26. The van der Waals surface area contributed by atoms with E-state index in [2.05, 4.69) is 5.32 Å². The molecule has 0 bridgehead atoms. The second-order valence-electron chi connectivity index (χ2n) is 4.97. The average Bonchev–Trinajstić information content (AvgIpc) is 2.74. The molecule has 1 aliphatic heterocycles. The number of hydrogen-bond donors (Lipinski definition) is 1. The molecule has 0 aromatic heterocycles. The molecule has 0 amide bonds. The molecule has 0 fully saturated rings. The Morgan fingerprint density at radius 1 is 1.30 bits per heavy atom. The molecule has 1 atom stereocenters. The summed E-state index contributed by atoms with van der Waals surface area (Å²) in [5.41, 5.74) is 1.08. The number of alkyl halides is 3. The van der Waals surface area contributed by atoms with Crippen LogP contribution in [0.1, 0.15) is 24.8 Å². The number of nitrogens with one attached hydrogen (secondary N) is 1. The Balaban J connectivity index is 1.61. The van der Waals surface area contributed by atoms with E-state index in [0.717, 1.165) is 17.7 Å². The van der Waals surface area contributed by atoms with E-state index >= 15 is 0 Å². The van der Waals surface area contributed by atoms with Crippen molar-refractivity contribution in [1.82, 2.24) is 5.32 Å². The Labute approximate surface area is 121 Å². The largest absolute Gasteiger partial charge is 0.488 e. The highest BCUT2D eigenvalue weighted by atomic mass is 35.5. The van der Waals surface area contributed by atoms with E-state index < -0.39 is 12.6 Å². The summed E-state index contributed by atoms with van der Waals surface area (Å²) < 4.78 is 41.6. The van der Waals surface area contributed by atoms with Gasteiger partial charge in [-0.05, 0) is 43.1 Å². The van der Waals surface area contributed by atoms with Crippen LogP contribution in [-0.2, 0) is 6.42 Å². The van der Waals surface area contributed by atoms with Gasteiger partial charge in [0, 0.05) is 24.4 Å². The molecule has 0 saturated heterocycles. The monoisotopic (exact) mass is 307 g/mol. The molecular formula is C14H17ClF3NO. The molecule has 2 nitrogen and oxygen atoms in total. The molecule has 0 spiro atoms. The summed E-state index contributed by atoms with van der Waals surface area (Å²) in [6.45, 7) is 1.21. The first kappa shape index (κ1) is 15.4.